The van der Waals surface area contributed by atoms with Crippen LogP contribution in [0.3, 0.4) is 0 Å². The van der Waals surface area contributed by atoms with Gasteiger partial charge in [-0.3, -0.25) is 4.79 Å². The monoisotopic (exact) mass is 322 g/mol. The molecular formula is C15H16ClFN4O. The third-order valence-corrected chi connectivity index (χ3v) is 3.07. The summed E-state index contributed by atoms with van der Waals surface area (Å²) in [5.41, 5.74) is 5.32. The summed E-state index contributed by atoms with van der Waals surface area (Å²) in [7, 11) is 0. The third kappa shape index (κ3) is 3.71. The predicted octanol–water partition coefficient (Wildman–Crippen LogP) is 3.82. The van der Waals surface area contributed by atoms with Crippen LogP contribution in [0.1, 0.15) is 31.1 Å². The maximum Gasteiger partial charge on any atom is 0.223 e. The van der Waals surface area contributed by atoms with E-state index in [0.717, 1.165) is 0 Å². The van der Waals surface area contributed by atoms with Gasteiger partial charge in [-0.1, -0.05) is 32.4 Å². The van der Waals surface area contributed by atoms with Gasteiger partial charge in [0.05, 0.1) is 5.56 Å². The van der Waals surface area contributed by atoms with E-state index in [4.69, 9.17) is 17.3 Å². The molecule has 116 valence electrons. The topological polar surface area (TPSA) is 80.9 Å². The molecule has 7 heteroatoms. The summed E-state index contributed by atoms with van der Waals surface area (Å²) in [5.74, 6) is -0.509. The second-order valence-electron chi connectivity index (χ2n) is 5.83. The molecule has 2 aromatic rings. The number of ketones is 1. The first kappa shape index (κ1) is 16.2. The number of hydrogen-bond donors (Lipinski definition) is 2. The van der Waals surface area contributed by atoms with Crippen molar-refractivity contribution in [3.63, 3.8) is 0 Å². The van der Waals surface area contributed by atoms with E-state index < -0.39 is 11.2 Å². The molecule has 0 radical (unpaired) electrons. The first-order valence-corrected chi connectivity index (χ1v) is 6.96. The molecule has 0 unspecified atom stereocenters. The van der Waals surface area contributed by atoms with Crippen LogP contribution in [0.5, 0.6) is 0 Å². The Balaban J connectivity index is 2.28. The molecular weight excluding hydrogens is 307 g/mol. The Bertz CT molecular complexity index is 708. The highest BCUT2D eigenvalue weighted by Gasteiger charge is 2.25. The molecule has 0 saturated heterocycles. The summed E-state index contributed by atoms with van der Waals surface area (Å²) in [6, 6.07) is 5.72. The Kier molecular flexibility index (Phi) is 4.32. The van der Waals surface area contributed by atoms with E-state index in [1.165, 1.54) is 18.2 Å². The molecule has 5 nitrogen and oxygen atoms in total. The molecule has 3 N–H and O–H groups in total. The lowest BCUT2D eigenvalue weighted by molar-refractivity contribution is 0.0854. The van der Waals surface area contributed by atoms with Gasteiger partial charge in [0.2, 0.25) is 5.95 Å². The van der Waals surface area contributed by atoms with Gasteiger partial charge in [-0.15, -0.1) is 0 Å². The minimum absolute atomic E-state index is 0.00926. The van der Waals surface area contributed by atoms with E-state index in [1.807, 2.05) is 0 Å². The SMILES string of the molecule is CC(C)(C)C(=O)c1ccc(Nc2cc(Cl)nc(N)n2)cc1F. The van der Waals surface area contributed by atoms with Gasteiger partial charge < -0.3 is 11.1 Å². The minimum Gasteiger partial charge on any atom is -0.368 e. The van der Waals surface area contributed by atoms with Crippen molar-refractivity contribution in [1.29, 1.82) is 0 Å². The first-order chi connectivity index (χ1) is 10.2. The number of aromatic nitrogens is 2. The maximum absolute atomic E-state index is 14.1. The fraction of sp³-hybridized carbons (Fsp3) is 0.267. The standard InChI is InChI=1S/C15H16ClFN4O/c1-15(2,3)13(22)9-5-4-8(6-10(9)17)19-12-7-11(16)20-14(18)21-12/h4-7H,1-3H3,(H3,18,19,20,21). The van der Waals surface area contributed by atoms with Crippen LogP contribution in [0.2, 0.25) is 5.15 Å². The quantitative estimate of drug-likeness (QED) is 0.663. The van der Waals surface area contributed by atoms with Crippen molar-refractivity contribution in [2.75, 3.05) is 11.1 Å². The summed E-state index contributed by atoms with van der Waals surface area (Å²) < 4.78 is 14.1. The first-order valence-electron chi connectivity index (χ1n) is 6.58. The van der Waals surface area contributed by atoms with Crippen LogP contribution in [-0.2, 0) is 0 Å². The zero-order chi connectivity index (χ0) is 16.5. The second kappa shape index (κ2) is 5.88. The van der Waals surface area contributed by atoms with E-state index in [-0.39, 0.29) is 22.4 Å². The lowest BCUT2D eigenvalue weighted by Crippen LogP contribution is -2.21. The Morgan fingerprint density at radius 2 is 1.95 bits per heavy atom. The van der Waals surface area contributed by atoms with Gasteiger partial charge in [0, 0.05) is 17.2 Å². The van der Waals surface area contributed by atoms with Crippen molar-refractivity contribution in [1.82, 2.24) is 9.97 Å². The fourth-order valence-corrected chi connectivity index (χ4v) is 2.02. The second-order valence-corrected chi connectivity index (χ2v) is 6.22. The van der Waals surface area contributed by atoms with E-state index in [0.29, 0.717) is 11.5 Å². The van der Waals surface area contributed by atoms with Gasteiger partial charge in [0.25, 0.3) is 0 Å². The van der Waals surface area contributed by atoms with Crippen LogP contribution >= 0.6 is 11.6 Å². The maximum atomic E-state index is 14.1. The smallest absolute Gasteiger partial charge is 0.223 e. The highest BCUT2D eigenvalue weighted by Crippen LogP contribution is 2.25. The number of hydrogen-bond acceptors (Lipinski definition) is 5. The Labute approximate surface area is 132 Å². The van der Waals surface area contributed by atoms with Crippen molar-refractivity contribution in [2.24, 2.45) is 5.41 Å². The molecule has 0 aliphatic rings. The molecule has 1 aromatic carbocycles. The zero-order valence-electron chi connectivity index (χ0n) is 12.4. The average molecular weight is 323 g/mol. The lowest BCUT2D eigenvalue weighted by Gasteiger charge is -2.17. The Morgan fingerprint density at radius 1 is 1.27 bits per heavy atom. The number of anilines is 3. The number of Topliss-reactive ketones (excluding diaryl/α,β-unsaturated/α-hetero) is 1. The number of nitrogens with one attached hydrogen (secondary N) is 1. The van der Waals surface area contributed by atoms with E-state index in [1.54, 1.807) is 26.8 Å². The zero-order valence-corrected chi connectivity index (χ0v) is 13.2. The van der Waals surface area contributed by atoms with Crippen molar-refractivity contribution in [3.8, 4) is 0 Å². The number of halogens is 2. The molecule has 1 aromatic heterocycles. The van der Waals surface area contributed by atoms with Crippen LogP contribution in [0.15, 0.2) is 24.3 Å². The van der Waals surface area contributed by atoms with Crippen LogP contribution in [0.4, 0.5) is 21.8 Å². The third-order valence-electron chi connectivity index (χ3n) is 2.88. The van der Waals surface area contributed by atoms with Crippen molar-refractivity contribution in [2.45, 2.75) is 20.8 Å². The lowest BCUT2D eigenvalue weighted by atomic mass is 9.86. The molecule has 0 fully saturated rings. The summed E-state index contributed by atoms with van der Waals surface area (Å²) in [5, 5.41) is 3.04. The highest BCUT2D eigenvalue weighted by atomic mass is 35.5. The van der Waals surface area contributed by atoms with Crippen LogP contribution < -0.4 is 11.1 Å². The number of nitrogen functional groups attached to an aromatic ring is 1. The molecule has 1 heterocycles. The number of rotatable bonds is 3. The molecule has 22 heavy (non-hydrogen) atoms. The number of carbonyl (C=O) groups excluding carboxylic acids is 1. The summed E-state index contributed by atoms with van der Waals surface area (Å²) >= 11 is 5.77. The molecule has 0 amide bonds. The largest absolute Gasteiger partial charge is 0.368 e. The van der Waals surface area contributed by atoms with Gasteiger partial charge in [-0.25, -0.2) is 9.37 Å². The van der Waals surface area contributed by atoms with E-state index in [2.05, 4.69) is 15.3 Å². The molecule has 0 bridgehead atoms. The van der Waals surface area contributed by atoms with Gasteiger partial charge in [-0.2, -0.15) is 4.98 Å². The molecule has 0 saturated carbocycles. The highest BCUT2D eigenvalue weighted by molar-refractivity contribution is 6.29. The molecule has 2 rings (SSSR count). The van der Waals surface area contributed by atoms with Gasteiger partial charge in [-0.05, 0) is 18.2 Å². The van der Waals surface area contributed by atoms with Crippen LogP contribution in [0.25, 0.3) is 0 Å². The molecule has 0 aliphatic carbocycles. The molecule has 0 aliphatic heterocycles. The average Bonchev–Trinajstić information content (AvgIpc) is 2.35. The predicted molar refractivity (Wildman–Crippen MR) is 84.9 cm³/mol. The Morgan fingerprint density at radius 3 is 2.50 bits per heavy atom. The van der Waals surface area contributed by atoms with Crippen LogP contribution in [-0.4, -0.2) is 15.8 Å². The number of nitrogens with zero attached hydrogens (tertiary/aromatic N) is 2. The molecule has 0 atom stereocenters. The Hall–Kier alpha value is -2.21. The van der Waals surface area contributed by atoms with Crippen molar-refractivity contribution >= 4 is 34.8 Å². The number of nitrogens with two attached hydrogens (primary N) is 1. The van der Waals surface area contributed by atoms with E-state index in [9.17, 15) is 9.18 Å². The van der Waals surface area contributed by atoms with E-state index >= 15 is 0 Å². The van der Waals surface area contributed by atoms with Gasteiger partial charge in [0.1, 0.15) is 16.8 Å². The minimum atomic E-state index is -0.648. The number of carbonyl (C=O) groups is 1. The van der Waals surface area contributed by atoms with Gasteiger partial charge in [0.15, 0.2) is 5.78 Å². The summed E-state index contributed by atoms with van der Waals surface area (Å²) in [6.07, 6.45) is 0. The fourth-order valence-electron chi connectivity index (χ4n) is 1.83. The van der Waals surface area contributed by atoms with Crippen LogP contribution in [0, 0.1) is 11.2 Å². The molecule has 0 spiro atoms. The number of benzene rings is 1. The van der Waals surface area contributed by atoms with Crippen molar-refractivity contribution < 1.29 is 9.18 Å². The normalized spacial score (nSPS) is 11.3. The van der Waals surface area contributed by atoms with Gasteiger partial charge >= 0.3 is 0 Å². The summed E-state index contributed by atoms with van der Waals surface area (Å²) in [4.78, 5) is 19.8. The summed E-state index contributed by atoms with van der Waals surface area (Å²) in [6.45, 7) is 5.23. The van der Waals surface area contributed by atoms with Crippen molar-refractivity contribution in [3.05, 3.63) is 40.8 Å².